The summed E-state index contributed by atoms with van der Waals surface area (Å²) in [6, 6.07) is 0.321. The molecule has 3 rings (SSSR count). The Labute approximate surface area is 132 Å². The van der Waals surface area contributed by atoms with E-state index in [9.17, 15) is 0 Å². The molecule has 6 nitrogen and oxygen atoms in total. The van der Waals surface area contributed by atoms with E-state index in [4.69, 9.17) is 0 Å². The minimum atomic E-state index is 0.321. The summed E-state index contributed by atoms with van der Waals surface area (Å²) in [7, 11) is 2.07. The average molecular weight is 302 g/mol. The Balaban J connectivity index is 1.71. The second-order valence-electron chi connectivity index (χ2n) is 6.55. The number of hydrogen-bond acceptors (Lipinski definition) is 4. The van der Waals surface area contributed by atoms with E-state index < -0.39 is 0 Å². The smallest absolute Gasteiger partial charge is 0.127 e. The summed E-state index contributed by atoms with van der Waals surface area (Å²) in [6.45, 7) is 9.35. The van der Waals surface area contributed by atoms with E-state index in [1.807, 2.05) is 18.6 Å². The van der Waals surface area contributed by atoms with E-state index in [1.54, 1.807) is 0 Å². The van der Waals surface area contributed by atoms with Crippen molar-refractivity contribution in [2.75, 3.05) is 19.6 Å². The van der Waals surface area contributed by atoms with E-state index >= 15 is 0 Å². The summed E-state index contributed by atoms with van der Waals surface area (Å²) in [6.07, 6.45) is 8.07. The van der Waals surface area contributed by atoms with Crippen molar-refractivity contribution < 1.29 is 0 Å². The van der Waals surface area contributed by atoms with Crippen molar-refractivity contribution >= 4 is 0 Å². The Bertz CT molecular complexity index is 599. The van der Waals surface area contributed by atoms with Crippen LogP contribution >= 0.6 is 0 Å². The normalized spacial score (nSPS) is 19.9. The first-order valence-electron chi connectivity index (χ1n) is 8.07. The number of imidazole rings is 1. The fourth-order valence-corrected chi connectivity index (χ4v) is 3.08. The number of nitrogens with zero attached hydrogens (tertiary/aromatic N) is 5. The minimum Gasteiger partial charge on any atom is -0.337 e. The van der Waals surface area contributed by atoms with Crippen LogP contribution in [0.3, 0.4) is 0 Å². The lowest BCUT2D eigenvalue weighted by molar-refractivity contribution is 0.144. The van der Waals surface area contributed by atoms with Crippen LogP contribution in [0.25, 0.3) is 0 Å². The van der Waals surface area contributed by atoms with Gasteiger partial charge in [0.1, 0.15) is 5.82 Å². The summed E-state index contributed by atoms with van der Waals surface area (Å²) in [5.74, 6) is 1.74. The van der Waals surface area contributed by atoms with Crippen molar-refractivity contribution in [1.29, 1.82) is 0 Å². The largest absolute Gasteiger partial charge is 0.337 e. The Morgan fingerprint density at radius 1 is 1.41 bits per heavy atom. The Morgan fingerprint density at radius 2 is 2.27 bits per heavy atom. The molecule has 0 radical (unpaired) electrons. The first-order valence-corrected chi connectivity index (χ1v) is 8.07. The zero-order valence-corrected chi connectivity index (χ0v) is 13.7. The maximum absolute atomic E-state index is 4.54. The van der Waals surface area contributed by atoms with Gasteiger partial charge >= 0.3 is 0 Å². The first kappa shape index (κ1) is 15.2. The van der Waals surface area contributed by atoms with Crippen LogP contribution in [0.1, 0.15) is 31.3 Å². The predicted molar refractivity (Wildman–Crippen MR) is 86.3 cm³/mol. The molecule has 6 heteroatoms. The molecule has 0 amide bonds. The van der Waals surface area contributed by atoms with Crippen LogP contribution in [0.4, 0.5) is 0 Å². The van der Waals surface area contributed by atoms with Crippen LogP contribution in [-0.2, 0) is 20.1 Å². The van der Waals surface area contributed by atoms with Crippen LogP contribution < -0.4 is 5.32 Å². The average Bonchev–Trinajstić information content (AvgIpc) is 3.08. The minimum absolute atomic E-state index is 0.321. The van der Waals surface area contributed by atoms with Crippen molar-refractivity contribution in [2.24, 2.45) is 13.0 Å². The summed E-state index contributed by atoms with van der Waals surface area (Å²) in [5, 5.41) is 7.96. The van der Waals surface area contributed by atoms with Crippen molar-refractivity contribution in [3.8, 4) is 0 Å². The zero-order chi connectivity index (χ0) is 15.5. The summed E-state index contributed by atoms with van der Waals surface area (Å²) in [4.78, 5) is 7.03. The molecular weight excluding hydrogens is 276 g/mol. The summed E-state index contributed by atoms with van der Waals surface area (Å²) < 4.78 is 4.17. The van der Waals surface area contributed by atoms with E-state index in [2.05, 4.69) is 56.6 Å². The maximum Gasteiger partial charge on any atom is 0.127 e. The van der Waals surface area contributed by atoms with Crippen molar-refractivity contribution in [3.63, 3.8) is 0 Å². The molecule has 2 aromatic heterocycles. The highest BCUT2D eigenvalue weighted by atomic mass is 15.3. The summed E-state index contributed by atoms with van der Waals surface area (Å²) in [5.41, 5.74) is 1.28. The van der Waals surface area contributed by atoms with Crippen molar-refractivity contribution in [1.82, 2.24) is 29.5 Å². The number of aryl methyl sites for hydroxylation is 1. The number of nitrogens with one attached hydrogen (secondary N) is 1. The topological polar surface area (TPSA) is 50.9 Å². The molecule has 1 atom stereocenters. The maximum atomic E-state index is 4.54. The van der Waals surface area contributed by atoms with Gasteiger partial charge in [-0.1, -0.05) is 13.8 Å². The second kappa shape index (κ2) is 6.62. The molecule has 1 saturated heterocycles. The molecule has 0 aliphatic carbocycles. The Morgan fingerprint density at radius 3 is 3.00 bits per heavy atom. The lowest BCUT2D eigenvalue weighted by atomic mass is 10.1. The monoisotopic (exact) mass is 302 g/mol. The molecule has 3 heterocycles. The molecule has 1 unspecified atom stereocenters. The predicted octanol–water partition coefficient (Wildman–Crippen LogP) is 1.42. The van der Waals surface area contributed by atoms with Crippen LogP contribution in [-0.4, -0.2) is 43.9 Å². The van der Waals surface area contributed by atoms with E-state index in [0.29, 0.717) is 12.0 Å². The van der Waals surface area contributed by atoms with Crippen molar-refractivity contribution in [3.05, 3.63) is 36.2 Å². The molecule has 120 valence electrons. The van der Waals surface area contributed by atoms with Gasteiger partial charge in [0.15, 0.2) is 0 Å². The molecule has 1 N–H and O–H groups in total. The molecule has 0 aromatic carbocycles. The van der Waals surface area contributed by atoms with Crippen LogP contribution in [0.5, 0.6) is 0 Å². The molecule has 1 fully saturated rings. The van der Waals surface area contributed by atoms with E-state index in [0.717, 1.165) is 38.5 Å². The summed E-state index contributed by atoms with van der Waals surface area (Å²) >= 11 is 0. The van der Waals surface area contributed by atoms with Gasteiger partial charge in [0.05, 0.1) is 12.2 Å². The van der Waals surface area contributed by atoms with E-state index in [1.165, 1.54) is 5.56 Å². The van der Waals surface area contributed by atoms with Crippen LogP contribution in [0.15, 0.2) is 24.8 Å². The number of piperazine rings is 1. The van der Waals surface area contributed by atoms with Crippen LogP contribution in [0.2, 0.25) is 0 Å². The highest BCUT2D eigenvalue weighted by molar-refractivity contribution is 5.08. The van der Waals surface area contributed by atoms with Crippen LogP contribution in [0, 0.1) is 5.92 Å². The van der Waals surface area contributed by atoms with E-state index in [-0.39, 0.29) is 0 Å². The van der Waals surface area contributed by atoms with Gasteiger partial charge in [-0.2, -0.15) is 5.10 Å². The highest BCUT2D eigenvalue weighted by Gasteiger charge is 2.26. The number of rotatable bonds is 5. The fourth-order valence-electron chi connectivity index (χ4n) is 3.08. The Kier molecular flexibility index (Phi) is 4.59. The quantitative estimate of drug-likeness (QED) is 0.907. The highest BCUT2D eigenvalue weighted by Crippen LogP contribution is 2.22. The van der Waals surface area contributed by atoms with Gasteiger partial charge in [-0.3, -0.25) is 9.58 Å². The van der Waals surface area contributed by atoms with Gasteiger partial charge in [0, 0.05) is 63.9 Å². The molecule has 1 aliphatic heterocycles. The SMILES string of the molecule is CC(C)Cn1cc(CN2CCNCC2c2nccn2C)cn1. The standard InChI is InChI=1S/C16H26N6/c1-13(2)10-22-12-14(8-19-22)11-21-7-4-17-9-15(21)16-18-5-6-20(16)3/h5-6,8,12-13,15,17H,4,7,9-11H2,1-3H3. The molecule has 0 saturated carbocycles. The second-order valence-corrected chi connectivity index (χ2v) is 6.55. The molecule has 0 bridgehead atoms. The zero-order valence-electron chi connectivity index (χ0n) is 13.7. The fraction of sp³-hybridized carbons (Fsp3) is 0.625. The van der Waals surface area contributed by atoms with Gasteiger partial charge in [0.2, 0.25) is 0 Å². The lowest BCUT2D eigenvalue weighted by Crippen LogP contribution is -2.46. The number of hydrogen-bond donors (Lipinski definition) is 1. The van der Waals surface area contributed by atoms with Gasteiger partial charge in [0.25, 0.3) is 0 Å². The van der Waals surface area contributed by atoms with Crippen molar-refractivity contribution in [2.45, 2.75) is 33.0 Å². The third-order valence-corrected chi connectivity index (χ3v) is 4.14. The van der Waals surface area contributed by atoms with Gasteiger partial charge in [-0.15, -0.1) is 0 Å². The molecule has 1 aliphatic rings. The van der Waals surface area contributed by atoms with Gasteiger partial charge in [-0.05, 0) is 5.92 Å². The molecule has 0 spiro atoms. The van der Waals surface area contributed by atoms with Gasteiger partial charge < -0.3 is 9.88 Å². The molecule has 22 heavy (non-hydrogen) atoms. The molecule has 2 aromatic rings. The Hall–Kier alpha value is -1.66. The number of aromatic nitrogens is 4. The third kappa shape index (κ3) is 3.39. The third-order valence-electron chi connectivity index (χ3n) is 4.14. The first-order chi connectivity index (χ1) is 10.6. The lowest BCUT2D eigenvalue weighted by Gasteiger charge is -2.35. The van der Waals surface area contributed by atoms with Gasteiger partial charge in [-0.25, -0.2) is 4.98 Å². The molecular formula is C16H26N6.